The lowest BCUT2D eigenvalue weighted by Gasteiger charge is -2.18. The summed E-state index contributed by atoms with van der Waals surface area (Å²) >= 11 is 0. The molecule has 1 saturated heterocycles. The van der Waals surface area contributed by atoms with Gasteiger partial charge in [-0.2, -0.15) is 0 Å². The van der Waals surface area contributed by atoms with Crippen LogP contribution in [0.1, 0.15) is 25.0 Å². The third-order valence-electron chi connectivity index (χ3n) is 3.72. The first kappa shape index (κ1) is 12.8. The van der Waals surface area contributed by atoms with Gasteiger partial charge in [0.2, 0.25) is 11.8 Å². The fourth-order valence-electron chi connectivity index (χ4n) is 2.20. The second kappa shape index (κ2) is 4.53. The van der Waals surface area contributed by atoms with Crippen molar-refractivity contribution in [3.05, 3.63) is 29.3 Å². The zero-order valence-corrected chi connectivity index (χ0v) is 10.9. The molecule has 0 aromatic heterocycles. The number of imide groups is 1. The Hall–Kier alpha value is -1.68. The van der Waals surface area contributed by atoms with Gasteiger partial charge in [-0.25, -0.2) is 4.90 Å². The number of nitrogens with zero attached hydrogens (tertiary/aromatic N) is 1. The summed E-state index contributed by atoms with van der Waals surface area (Å²) in [6.45, 7) is 5.89. The van der Waals surface area contributed by atoms with Crippen LogP contribution < -0.4 is 10.6 Å². The highest BCUT2D eigenvalue weighted by molar-refractivity contribution is 6.22. The van der Waals surface area contributed by atoms with Crippen LogP contribution in [0.4, 0.5) is 5.69 Å². The SMILES string of the molecule is Cc1ccc(CN)cc1N1C(=O)C(C)C(C)C1=O. The number of carbonyl (C=O) groups excluding carboxylic acids is 2. The second-order valence-electron chi connectivity index (χ2n) is 4.91. The number of hydrogen-bond donors (Lipinski definition) is 1. The number of hydrogen-bond acceptors (Lipinski definition) is 3. The quantitative estimate of drug-likeness (QED) is 0.806. The Bertz CT molecular complexity index is 491. The van der Waals surface area contributed by atoms with E-state index in [1.165, 1.54) is 4.90 Å². The van der Waals surface area contributed by atoms with Crippen LogP contribution in [0.2, 0.25) is 0 Å². The Balaban J connectivity index is 2.49. The largest absolute Gasteiger partial charge is 0.326 e. The van der Waals surface area contributed by atoms with Crippen molar-refractivity contribution in [2.45, 2.75) is 27.3 Å². The molecule has 1 aliphatic heterocycles. The number of nitrogens with two attached hydrogens (primary N) is 1. The maximum atomic E-state index is 12.2. The molecule has 1 heterocycles. The van der Waals surface area contributed by atoms with Crippen LogP contribution in [0.3, 0.4) is 0 Å². The molecule has 0 bridgehead atoms. The molecule has 2 amide bonds. The topological polar surface area (TPSA) is 63.4 Å². The lowest BCUT2D eigenvalue weighted by atomic mass is 10.00. The molecule has 96 valence electrons. The Labute approximate surface area is 107 Å². The Kier molecular flexibility index (Phi) is 3.22. The zero-order valence-electron chi connectivity index (χ0n) is 10.9. The van der Waals surface area contributed by atoms with Crippen molar-refractivity contribution < 1.29 is 9.59 Å². The average molecular weight is 246 g/mol. The van der Waals surface area contributed by atoms with Crippen LogP contribution in [0.5, 0.6) is 0 Å². The summed E-state index contributed by atoms with van der Waals surface area (Å²) in [6.07, 6.45) is 0. The zero-order chi connectivity index (χ0) is 13.4. The van der Waals surface area contributed by atoms with Gasteiger partial charge in [-0.05, 0) is 24.1 Å². The maximum absolute atomic E-state index is 12.2. The van der Waals surface area contributed by atoms with E-state index in [-0.39, 0.29) is 23.7 Å². The fourth-order valence-corrected chi connectivity index (χ4v) is 2.20. The van der Waals surface area contributed by atoms with E-state index >= 15 is 0 Å². The predicted octanol–water partition coefficient (Wildman–Crippen LogP) is 1.60. The molecular weight excluding hydrogens is 228 g/mol. The molecule has 18 heavy (non-hydrogen) atoms. The van der Waals surface area contributed by atoms with Gasteiger partial charge in [0, 0.05) is 18.4 Å². The number of amides is 2. The highest BCUT2D eigenvalue weighted by Gasteiger charge is 2.43. The third-order valence-corrected chi connectivity index (χ3v) is 3.72. The minimum Gasteiger partial charge on any atom is -0.326 e. The molecule has 1 aromatic carbocycles. The second-order valence-corrected chi connectivity index (χ2v) is 4.91. The van der Waals surface area contributed by atoms with E-state index in [9.17, 15) is 9.59 Å². The van der Waals surface area contributed by atoms with Crippen molar-refractivity contribution in [1.29, 1.82) is 0 Å². The Morgan fingerprint density at radius 2 is 1.72 bits per heavy atom. The number of anilines is 1. The standard InChI is InChI=1S/C14H18N2O2/c1-8-4-5-11(7-15)6-12(8)16-13(17)9(2)10(3)14(16)18/h4-6,9-10H,7,15H2,1-3H3. The van der Waals surface area contributed by atoms with Crippen LogP contribution in [-0.2, 0) is 16.1 Å². The Morgan fingerprint density at radius 3 is 2.22 bits per heavy atom. The molecule has 2 N–H and O–H groups in total. The molecule has 4 heteroatoms. The molecule has 2 atom stereocenters. The minimum atomic E-state index is -0.251. The van der Waals surface area contributed by atoms with Crippen molar-refractivity contribution in [2.75, 3.05) is 4.90 Å². The molecule has 1 fully saturated rings. The summed E-state index contributed by atoms with van der Waals surface area (Å²) in [6, 6.07) is 5.64. The van der Waals surface area contributed by atoms with E-state index in [4.69, 9.17) is 5.73 Å². The first-order valence-corrected chi connectivity index (χ1v) is 6.14. The van der Waals surface area contributed by atoms with Crippen LogP contribution in [0.15, 0.2) is 18.2 Å². The summed E-state index contributed by atoms with van der Waals surface area (Å²) in [7, 11) is 0. The monoisotopic (exact) mass is 246 g/mol. The number of benzene rings is 1. The molecule has 0 spiro atoms. The Morgan fingerprint density at radius 1 is 1.17 bits per heavy atom. The van der Waals surface area contributed by atoms with Crippen LogP contribution in [0, 0.1) is 18.8 Å². The van der Waals surface area contributed by atoms with Gasteiger partial charge in [-0.1, -0.05) is 26.0 Å². The van der Waals surface area contributed by atoms with E-state index in [1.54, 1.807) is 13.8 Å². The van der Waals surface area contributed by atoms with Gasteiger partial charge in [0.25, 0.3) is 0 Å². The van der Waals surface area contributed by atoms with Crippen molar-refractivity contribution >= 4 is 17.5 Å². The predicted molar refractivity (Wildman–Crippen MR) is 69.9 cm³/mol. The van der Waals surface area contributed by atoms with Gasteiger partial charge in [0.05, 0.1) is 5.69 Å². The number of carbonyl (C=O) groups is 2. The molecular formula is C14H18N2O2. The third kappa shape index (κ3) is 1.82. The summed E-state index contributed by atoms with van der Waals surface area (Å²) in [5.41, 5.74) is 8.11. The minimum absolute atomic E-state index is 0.121. The van der Waals surface area contributed by atoms with Gasteiger partial charge in [0.1, 0.15) is 0 Å². The van der Waals surface area contributed by atoms with E-state index < -0.39 is 0 Å². The molecule has 1 aliphatic rings. The number of rotatable bonds is 2. The van der Waals surface area contributed by atoms with Gasteiger partial charge in [-0.15, -0.1) is 0 Å². The summed E-state index contributed by atoms with van der Waals surface area (Å²) in [4.78, 5) is 25.6. The molecule has 2 unspecified atom stereocenters. The fraction of sp³-hybridized carbons (Fsp3) is 0.429. The average Bonchev–Trinajstić information content (AvgIpc) is 2.55. The summed E-state index contributed by atoms with van der Waals surface area (Å²) in [5, 5.41) is 0. The van der Waals surface area contributed by atoms with Gasteiger partial charge in [0.15, 0.2) is 0 Å². The molecule has 2 rings (SSSR count). The summed E-state index contributed by atoms with van der Waals surface area (Å²) < 4.78 is 0. The first-order valence-electron chi connectivity index (χ1n) is 6.14. The van der Waals surface area contributed by atoms with Crippen LogP contribution in [-0.4, -0.2) is 11.8 Å². The number of aryl methyl sites for hydroxylation is 1. The molecule has 0 radical (unpaired) electrons. The van der Waals surface area contributed by atoms with Gasteiger partial charge < -0.3 is 5.73 Å². The summed E-state index contributed by atoms with van der Waals surface area (Å²) in [5.74, 6) is -0.744. The van der Waals surface area contributed by atoms with Crippen LogP contribution in [0.25, 0.3) is 0 Å². The lowest BCUT2D eigenvalue weighted by Crippen LogP contribution is -2.31. The van der Waals surface area contributed by atoms with E-state index in [1.807, 2.05) is 25.1 Å². The van der Waals surface area contributed by atoms with E-state index in [0.717, 1.165) is 11.1 Å². The van der Waals surface area contributed by atoms with Crippen molar-refractivity contribution in [1.82, 2.24) is 0 Å². The van der Waals surface area contributed by atoms with Crippen molar-refractivity contribution in [3.63, 3.8) is 0 Å². The normalized spacial score (nSPS) is 23.9. The molecule has 4 nitrogen and oxygen atoms in total. The first-order chi connectivity index (χ1) is 8.47. The van der Waals surface area contributed by atoms with Crippen molar-refractivity contribution in [3.8, 4) is 0 Å². The molecule has 0 aliphatic carbocycles. The van der Waals surface area contributed by atoms with Gasteiger partial charge >= 0.3 is 0 Å². The smallest absolute Gasteiger partial charge is 0.237 e. The lowest BCUT2D eigenvalue weighted by molar-refractivity contribution is -0.122. The van der Waals surface area contributed by atoms with Crippen molar-refractivity contribution in [2.24, 2.45) is 17.6 Å². The molecule has 1 aromatic rings. The van der Waals surface area contributed by atoms with Gasteiger partial charge in [-0.3, -0.25) is 9.59 Å². The van der Waals surface area contributed by atoms with E-state index in [0.29, 0.717) is 12.2 Å². The highest BCUT2D eigenvalue weighted by Crippen LogP contribution is 2.32. The maximum Gasteiger partial charge on any atom is 0.237 e. The highest BCUT2D eigenvalue weighted by atomic mass is 16.2. The molecule has 0 saturated carbocycles. The van der Waals surface area contributed by atoms with E-state index in [2.05, 4.69) is 0 Å². The van der Waals surface area contributed by atoms with Crippen LogP contribution >= 0.6 is 0 Å².